The van der Waals surface area contributed by atoms with E-state index in [2.05, 4.69) is 20.0 Å². The molecule has 5 rings (SSSR count). The number of carbonyl (C=O) groups is 4. The van der Waals surface area contributed by atoms with Crippen molar-refractivity contribution in [2.75, 3.05) is 27.4 Å². The van der Waals surface area contributed by atoms with Gasteiger partial charge in [-0.3, -0.25) is 4.18 Å². The lowest BCUT2D eigenvalue weighted by Crippen LogP contribution is -2.45. The number of ether oxygens (including phenoxy) is 4. The molecule has 0 aromatic heterocycles. The van der Waals surface area contributed by atoms with Crippen LogP contribution in [0.3, 0.4) is 0 Å². The van der Waals surface area contributed by atoms with Crippen LogP contribution in [-0.2, 0) is 42.9 Å². The van der Waals surface area contributed by atoms with Crippen molar-refractivity contribution in [3.8, 4) is 0 Å². The first-order chi connectivity index (χ1) is 35.8. The maximum atomic E-state index is 15.6. The van der Waals surface area contributed by atoms with E-state index in [-0.39, 0.29) is 69.0 Å². The van der Waals surface area contributed by atoms with Gasteiger partial charge in [-0.25, -0.2) is 28.0 Å². The number of hydrogen-bond donors (Lipinski definition) is 0. The maximum absolute atomic E-state index is 15.6. The third-order valence-corrected chi connectivity index (χ3v) is 14.3. The van der Waals surface area contributed by atoms with Crippen LogP contribution in [0.15, 0.2) is 100 Å². The Labute approximate surface area is 488 Å². The Balaban J connectivity index is 0.000000346. The number of carbonyl (C=O) groups excluding carboxylic acids is 4. The molecule has 408 valence electrons. The number of benzene rings is 5. The Morgan fingerprint density at radius 3 is 1.25 bits per heavy atom. The van der Waals surface area contributed by atoms with Gasteiger partial charge in [0, 0.05) is 26.0 Å². The molecule has 0 amide bonds. The number of rotatable bonds is 21. The Hall–Kier alpha value is -4.12. The van der Waals surface area contributed by atoms with E-state index in [1.54, 1.807) is 0 Å². The third kappa shape index (κ3) is 18.8. The minimum atomic E-state index is -4.96. The Bertz CT molecular complexity index is 3090. The second kappa shape index (κ2) is 30.3. The molecule has 0 aliphatic heterocycles. The number of nitrogens with zero attached hydrogens (tertiary/aromatic N) is 2. The lowest BCUT2D eigenvalue weighted by Gasteiger charge is -2.27. The molecule has 0 N–H and O–H groups in total. The van der Waals surface area contributed by atoms with Crippen molar-refractivity contribution in [3.05, 3.63) is 162 Å². The molecule has 0 bridgehead atoms. The van der Waals surface area contributed by atoms with Crippen molar-refractivity contribution >= 4 is 174 Å². The van der Waals surface area contributed by atoms with Gasteiger partial charge >= 0.3 is 23.9 Å². The summed E-state index contributed by atoms with van der Waals surface area (Å²) in [6, 6.07) is 17.9. The van der Waals surface area contributed by atoms with Crippen LogP contribution in [-0.4, -0.2) is 103 Å². The first-order valence-corrected chi connectivity index (χ1v) is 26.4. The maximum Gasteiger partial charge on any atom is 0.340 e. The van der Waals surface area contributed by atoms with Gasteiger partial charge in [-0.2, -0.15) is 8.42 Å². The van der Waals surface area contributed by atoms with E-state index in [0.717, 1.165) is 25.5 Å². The zero-order chi connectivity index (χ0) is 56.6. The van der Waals surface area contributed by atoms with Crippen LogP contribution < -0.4 is 0 Å². The van der Waals surface area contributed by atoms with Gasteiger partial charge in [0.15, 0.2) is 24.6 Å². The molecule has 6 atom stereocenters. The van der Waals surface area contributed by atoms with Crippen molar-refractivity contribution in [3.63, 3.8) is 0 Å². The molecule has 0 heterocycles. The molecule has 0 saturated carbocycles. The topological polar surface area (TPSA) is 192 Å². The van der Waals surface area contributed by atoms with Crippen molar-refractivity contribution < 1.29 is 69.2 Å². The predicted molar refractivity (Wildman–Crippen MR) is 288 cm³/mol. The summed E-state index contributed by atoms with van der Waals surface area (Å²) in [7, 11) is -2.62. The quantitative estimate of drug-likeness (QED) is 0.0168. The highest BCUT2D eigenvalue weighted by Gasteiger charge is 2.40. The monoisotopic (exact) mass is 1290 g/mol. The van der Waals surface area contributed by atoms with Crippen molar-refractivity contribution in [1.29, 1.82) is 0 Å². The molecule has 0 aliphatic rings. The van der Waals surface area contributed by atoms with E-state index in [1.807, 2.05) is 0 Å². The lowest BCUT2D eigenvalue weighted by molar-refractivity contribution is -0.0478. The summed E-state index contributed by atoms with van der Waals surface area (Å²) >= 11 is 65.6. The summed E-state index contributed by atoms with van der Waals surface area (Å²) in [4.78, 5) is 59.2. The fourth-order valence-corrected chi connectivity index (χ4v) is 9.94. The van der Waals surface area contributed by atoms with E-state index in [9.17, 15) is 32.0 Å². The second-order valence-electron chi connectivity index (χ2n) is 15.0. The van der Waals surface area contributed by atoms with E-state index >= 15 is 4.39 Å². The minimum absolute atomic E-state index is 0.00547. The Morgan fingerprint density at radius 1 is 0.500 bits per heavy atom. The van der Waals surface area contributed by atoms with Gasteiger partial charge < -0.3 is 28.6 Å². The van der Waals surface area contributed by atoms with Gasteiger partial charge in [0.1, 0.15) is 31.8 Å². The zero-order valence-corrected chi connectivity index (χ0v) is 47.8. The molecule has 0 spiro atoms. The SMILES string of the molecule is CON=C[C@@H](F)[C@H](OC(=O)c1ccc(Cl)cc1Cl)[C@@H](C)COC(=O)c1ccc(Cl)cc1Cl.CON=C[C@@H](F)[C@H](OC(=O)c1ccc(Cl)cc1Cl)[C@@H](COC(=O)c1ccc(Cl)cc1Cl)OS(=O)(=O)c1cc(Cl)c(Cl)cc1Cl. The zero-order valence-electron chi connectivity index (χ0n) is 38.6. The molecule has 5 aromatic carbocycles. The van der Waals surface area contributed by atoms with Crippen LogP contribution in [0.2, 0.25) is 55.2 Å². The summed E-state index contributed by atoms with van der Waals surface area (Å²) < 4.78 is 83.5. The van der Waals surface area contributed by atoms with Gasteiger partial charge in [-0.15, -0.1) is 0 Å². The molecule has 5 aromatic rings. The fraction of sp³-hybridized carbons (Fsp3) is 0.234. The van der Waals surface area contributed by atoms with Gasteiger partial charge in [0.25, 0.3) is 10.1 Å². The first kappa shape index (κ1) is 64.4. The second-order valence-corrected chi connectivity index (χ2v) is 21.1. The van der Waals surface area contributed by atoms with Crippen LogP contribution >= 0.6 is 128 Å². The molecular weight excluding hydrogens is 1260 g/mol. The predicted octanol–water partition coefficient (Wildman–Crippen LogP) is 14.7. The molecular formula is C47H35Cl11F2N2O13S. The lowest BCUT2D eigenvalue weighted by atomic mass is 10.0. The average Bonchev–Trinajstić information content (AvgIpc) is 3.34. The molecule has 0 saturated heterocycles. The summed E-state index contributed by atoms with van der Waals surface area (Å²) in [5, 5.41) is 6.91. The number of alkyl halides is 2. The van der Waals surface area contributed by atoms with Crippen LogP contribution in [0, 0.1) is 5.92 Å². The van der Waals surface area contributed by atoms with Gasteiger partial charge in [-0.1, -0.05) is 145 Å². The van der Waals surface area contributed by atoms with E-state index in [4.69, 9.17) is 151 Å². The third-order valence-electron chi connectivity index (χ3n) is 9.61. The highest BCUT2D eigenvalue weighted by molar-refractivity contribution is 7.87. The number of hydrogen-bond acceptors (Lipinski definition) is 15. The largest absolute Gasteiger partial charge is 0.462 e. The van der Waals surface area contributed by atoms with Gasteiger partial charge in [0.2, 0.25) is 0 Å². The number of oxime groups is 2. The highest BCUT2D eigenvalue weighted by atomic mass is 35.5. The van der Waals surface area contributed by atoms with Crippen molar-refractivity contribution in [1.82, 2.24) is 0 Å². The summed E-state index contributed by atoms with van der Waals surface area (Å²) in [5.74, 6) is -4.72. The van der Waals surface area contributed by atoms with E-state index < -0.39 is 87.1 Å². The van der Waals surface area contributed by atoms with E-state index in [1.165, 1.54) is 86.8 Å². The highest BCUT2D eigenvalue weighted by Crippen LogP contribution is 2.34. The van der Waals surface area contributed by atoms with Crippen LogP contribution in [0.25, 0.3) is 0 Å². The number of esters is 4. The van der Waals surface area contributed by atoms with Gasteiger partial charge in [-0.05, 0) is 84.9 Å². The summed E-state index contributed by atoms with van der Waals surface area (Å²) in [6.07, 6.45) is -8.52. The summed E-state index contributed by atoms with van der Waals surface area (Å²) in [5.41, 5.74) is -0.364. The normalized spacial score (nSPS) is 13.8. The minimum Gasteiger partial charge on any atom is -0.462 e. The number of halogens is 13. The Morgan fingerprint density at radius 2 is 0.855 bits per heavy atom. The van der Waals surface area contributed by atoms with Gasteiger partial charge in [0.05, 0.1) is 76.4 Å². The molecule has 76 heavy (non-hydrogen) atoms. The Kier molecular flexibility index (Phi) is 25.7. The molecule has 29 heteroatoms. The van der Waals surface area contributed by atoms with E-state index in [0.29, 0.717) is 16.3 Å². The molecule has 0 unspecified atom stereocenters. The molecule has 0 aliphatic carbocycles. The fourth-order valence-electron chi connectivity index (χ4n) is 5.95. The van der Waals surface area contributed by atoms with Crippen LogP contribution in [0.5, 0.6) is 0 Å². The summed E-state index contributed by atoms with van der Waals surface area (Å²) in [6.45, 7) is 0.222. The van der Waals surface area contributed by atoms with Crippen LogP contribution in [0.4, 0.5) is 8.78 Å². The molecule has 15 nitrogen and oxygen atoms in total. The average molecular weight is 1300 g/mol. The van der Waals surface area contributed by atoms with Crippen molar-refractivity contribution in [2.45, 2.75) is 42.5 Å². The standard InChI is InChI=1S/C26H17Cl7FNO8S.C21H18Cl4FNO5/c1-40-35-10-21(34)24(42-26(37)15-5-3-13(28)7-17(15)30)22(11-41-25(36)14-4-2-12(27)6-16(14)29)43-44(38,39)23-9-19(32)18(31)8-20(23)33;1-11(10-31-20(28)14-5-3-12(22)7-16(14)24)19(18(26)9-27-30-2)32-21(29)15-6-4-13(23)8-17(15)25/h2-10,21-22,24H,11H2,1H3;3-9,11,18-19H,10H2,1-2H3/t21-,22-,24+;11-,18+,19+/m10/s1. The molecule has 0 fully saturated rings. The smallest absolute Gasteiger partial charge is 0.340 e. The first-order valence-electron chi connectivity index (χ1n) is 20.8. The molecule has 0 radical (unpaired) electrons. The van der Waals surface area contributed by atoms with Crippen LogP contribution in [0.1, 0.15) is 48.4 Å². The van der Waals surface area contributed by atoms with Crippen molar-refractivity contribution in [2.24, 2.45) is 16.2 Å².